The molecule has 14 heavy (non-hydrogen) atoms. The molecule has 0 spiro atoms. The Labute approximate surface area is 102 Å². The quantitative estimate of drug-likeness (QED) is 0.347. The zero-order valence-electron chi connectivity index (χ0n) is 6.96. The Bertz CT molecular complexity index is 177. The van der Waals surface area contributed by atoms with Crippen LogP contribution in [0.1, 0.15) is 0 Å². The Kier molecular flexibility index (Phi) is 19.7. The molecule has 1 radical (unpaired) electrons. The van der Waals surface area contributed by atoms with Gasteiger partial charge in [-0.2, -0.15) is 0 Å². The van der Waals surface area contributed by atoms with Crippen LogP contribution in [0.3, 0.4) is 0 Å². The Balaban J connectivity index is -0.0000000625. The molecule has 7 N–H and O–H groups in total. The number of carboxylic acid groups (broad SMARTS) is 4. The van der Waals surface area contributed by atoms with Gasteiger partial charge in [0.05, 0.1) is 0 Å². The summed E-state index contributed by atoms with van der Waals surface area (Å²) < 4.78 is 0. The molecule has 0 unspecified atom stereocenters. The van der Waals surface area contributed by atoms with Crippen LogP contribution in [0.25, 0.3) is 0 Å². The fourth-order valence-electron chi connectivity index (χ4n) is 0. The zero-order chi connectivity index (χ0) is 10.3. The van der Waals surface area contributed by atoms with Crippen LogP contribution in [0.2, 0.25) is 0 Å². The summed E-state index contributed by atoms with van der Waals surface area (Å²) in [6.07, 6.45) is 0. The summed E-state index contributed by atoms with van der Waals surface area (Å²) in [5.74, 6) is -7.66. The van der Waals surface area contributed by atoms with Crippen LogP contribution in [-0.4, -0.2) is 39.2 Å². The predicted molar refractivity (Wildman–Crippen MR) is 33.9 cm³/mol. The number of quaternary nitrogens is 1. The molecular weight excluding hydrogens is 279 g/mol. The molecule has 0 aromatic carbocycles. The Morgan fingerprint density at radius 3 is 0.929 bits per heavy atom. The van der Waals surface area contributed by atoms with Gasteiger partial charge in [0.25, 0.3) is 0 Å². The number of carboxylic acids is 4. The molecule has 0 aromatic heterocycles. The third kappa shape index (κ3) is 22.4. The van der Waals surface area contributed by atoms with Gasteiger partial charge in [0, 0.05) is 32.7 Å². The van der Waals surface area contributed by atoms with Crippen molar-refractivity contribution < 1.29 is 72.3 Å². The molecule has 0 rings (SSSR count). The zero-order valence-corrected chi connectivity index (χ0v) is 9.80. The number of carbonyl (C=O) groups is 4. The van der Waals surface area contributed by atoms with E-state index in [1.165, 1.54) is 0 Å². The third-order valence-corrected chi connectivity index (χ3v) is 0.358. The van der Waals surface area contributed by atoms with Crippen molar-refractivity contribution in [2.24, 2.45) is 0 Å². The van der Waals surface area contributed by atoms with Gasteiger partial charge in [-0.15, -0.1) is 0 Å². The van der Waals surface area contributed by atoms with Crippen molar-refractivity contribution in [3.05, 3.63) is 0 Å². The Hall–Kier alpha value is -1.06. The van der Waals surface area contributed by atoms with Crippen LogP contribution >= 0.6 is 0 Å². The Morgan fingerprint density at radius 2 is 0.929 bits per heavy atom. The van der Waals surface area contributed by atoms with Crippen LogP contribution in [-0.2, 0) is 51.9 Å². The van der Waals surface area contributed by atoms with Gasteiger partial charge in [0.1, 0.15) is 0 Å². The molecule has 79 valence electrons. The van der Waals surface area contributed by atoms with Crippen molar-refractivity contribution in [3.8, 4) is 0 Å². The van der Waals surface area contributed by atoms with E-state index >= 15 is 0 Å². The Morgan fingerprint density at radius 1 is 0.786 bits per heavy atom. The van der Waals surface area contributed by atoms with Gasteiger partial charge in [0.2, 0.25) is 0 Å². The molecule has 0 amide bonds. The maximum Gasteiger partial charge on any atom is 0.414 e. The smallest absolute Gasteiger partial charge is 0.414 e. The number of rotatable bonds is 0. The number of hydrogen-bond acceptors (Lipinski definition) is 5. The van der Waals surface area contributed by atoms with Crippen molar-refractivity contribution >= 4 is 23.9 Å². The fourth-order valence-corrected chi connectivity index (χ4v) is 0. The van der Waals surface area contributed by atoms with E-state index < -0.39 is 23.9 Å². The minimum atomic E-state index is -2.07. The van der Waals surface area contributed by atoms with Gasteiger partial charge < -0.3 is 31.4 Å². The standard InChI is InChI=1S/2C2H2O4.H3N.Y/c2*3-1(4)2(5)6;;/h2*(H,3,4)(H,5,6);1H3;. The van der Waals surface area contributed by atoms with Crippen LogP contribution in [0.4, 0.5) is 0 Å². The number of hydrogen-bond donors (Lipinski definition) is 4. The molecule has 9 nitrogen and oxygen atoms in total. The SMILES string of the molecule is O=C(O)C(=O)O.O=C([O-])C(=O)O.[NH4+].[Y]. The summed E-state index contributed by atoms with van der Waals surface area (Å²) in [6, 6.07) is 0. The molecule has 0 bridgehead atoms. The van der Waals surface area contributed by atoms with Gasteiger partial charge in [-0.3, -0.25) is 0 Å². The topological polar surface area (TPSA) is 189 Å². The third-order valence-electron chi connectivity index (χ3n) is 0.358. The summed E-state index contributed by atoms with van der Waals surface area (Å²) >= 11 is 0. The summed E-state index contributed by atoms with van der Waals surface area (Å²) in [6.45, 7) is 0. The van der Waals surface area contributed by atoms with Crippen molar-refractivity contribution in [1.29, 1.82) is 0 Å². The van der Waals surface area contributed by atoms with Crippen LogP contribution in [0, 0.1) is 0 Å². The van der Waals surface area contributed by atoms with Gasteiger partial charge in [0.15, 0.2) is 5.97 Å². The summed E-state index contributed by atoms with van der Waals surface area (Å²) in [5, 5.41) is 31.1. The largest absolute Gasteiger partial charge is 0.539 e. The molecule has 0 aliphatic heterocycles. The maximum atomic E-state index is 9.10. The number of carbonyl (C=O) groups excluding carboxylic acids is 1. The van der Waals surface area contributed by atoms with Crippen molar-refractivity contribution in [1.82, 2.24) is 6.15 Å². The second kappa shape index (κ2) is 11.9. The van der Waals surface area contributed by atoms with Crippen molar-refractivity contribution in [3.63, 3.8) is 0 Å². The molecule has 0 saturated heterocycles. The molecule has 0 fully saturated rings. The monoisotopic (exact) mass is 286 g/mol. The van der Waals surface area contributed by atoms with E-state index in [4.69, 9.17) is 39.6 Å². The van der Waals surface area contributed by atoms with Gasteiger partial charge in [-0.1, -0.05) is 0 Å². The first-order valence-electron chi connectivity index (χ1n) is 2.19. The van der Waals surface area contributed by atoms with Crippen LogP contribution in [0.5, 0.6) is 0 Å². The predicted octanol–water partition coefficient (Wildman–Crippen LogP) is -2.65. The first-order chi connectivity index (χ1) is 5.29. The van der Waals surface area contributed by atoms with Gasteiger partial charge >= 0.3 is 17.9 Å². The van der Waals surface area contributed by atoms with E-state index in [1.54, 1.807) is 0 Å². The van der Waals surface area contributed by atoms with Gasteiger partial charge in [-0.05, 0) is 0 Å². The summed E-state index contributed by atoms with van der Waals surface area (Å²) in [5.41, 5.74) is 0. The molecule has 10 heteroatoms. The average Bonchev–Trinajstić information content (AvgIpc) is 1.88. The van der Waals surface area contributed by atoms with E-state index in [9.17, 15) is 0 Å². The van der Waals surface area contributed by atoms with Crippen molar-refractivity contribution in [2.45, 2.75) is 0 Å². The van der Waals surface area contributed by atoms with Crippen LogP contribution in [0.15, 0.2) is 0 Å². The van der Waals surface area contributed by atoms with E-state index in [-0.39, 0.29) is 38.9 Å². The van der Waals surface area contributed by atoms with E-state index in [0.717, 1.165) is 0 Å². The van der Waals surface area contributed by atoms with Crippen LogP contribution < -0.4 is 11.3 Å². The van der Waals surface area contributed by atoms with E-state index in [1.807, 2.05) is 0 Å². The van der Waals surface area contributed by atoms with Crippen molar-refractivity contribution in [2.75, 3.05) is 0 Å². The summed E-state index contributed by atoms with van der Waals surface area (Å²) in [7, 11) is 0. The molecule has 0 saturated carbocycles. The minimum Gasteiger partial charge on any atom is -0.539 e. The van der Waals surface area contributed by atoms with E-state index in [0.29, 0.717) is 0 Å². The minimum absolute atomic E-state index is 0. The second-order valence-electron chi connectivity index (χ2n) is 1.20. The normalized spacial score (nSPS) is 6.29. The first kappa shape index (κ1) is 23.1. The molecular formula is C4H7NO8Y. The molecule has 0 aromatic rings. The fraction of sp³-hybridized carbons (Fsp3) is 0. The molecule has 0 aliphatic carbocycles. The number of aliphatic carboxylic acids is 4. The molecule has 0 heterocycles. The molecule has 0 aliphatic rings. The maximum absolute atomic E-state index is 9.10. The molecule has 0 atom stereocenters. The van der Waals surface area contributed by atoms with E-state index in [2.05, 4.69) is 0 Å². The second-order valence-corrected chi connectivity index (χ2v) is 1.20. The average molecular weight is 286 g/mol. The van der Waals surface area contributed by atoms with Gasteiger partial charge in [-0.25, -0.2) is 14.4 Å². The first-order valence-corrected chi connectivity index (χ1v) is 2.19. The summed E-state index contributed by atoms with van der Waals surface area (Å²) in [4.78, 5) is 36.2.